The minimum atomic E-state index is -0.661. The van der Waals surface area contributed by atoms with Crippen LogP contribution in [0.15, 0.2) is 42.6 Å². The fraction of sp³-hybridized carbons (Fsp3) is 0.143. The molecule has 0 spiro atoms. The highest BCUT2D eigenvalue weighted by Crippen LogP contribution is 2.18. The molecule has 1 heterocycles. The first kappa shape index (κ1) is 14.1. The van der Waals surface area contributed by atoms with Gasteiger partial charge in [0, 0.05) is 5.02 Å². The van der Waals surface area contributed by atoms with Gasteiger partial charge in [0.25, 0.3) is 5.91 Å². The van der Waals surface area contributed by atoms with Gasteiger partial charge in [-0.1, -0.05) is 17.7 Å². The van der Waals surface area contributed by atoms with E-state index in [1.165, 1.54) is 6.20 Å². The summed E-state index contributed by atoms with van der Waals surface area (Å²) in [5, 5.41) is 3.24. The second-order valence-corrected chi connectivity index (χ2v) is 4.61. The number of nitrogens with one attached hydrogen (secondary N) is 1. The van der Waals surface area contributed by atoms with Crippen LogP contribution in [0.5, 0.6) is 5.75 Å². The van der Waals surface area contributed by atoms with Crippen molar-refractivity contribution < 1.29 is 9.53 Å². The SMILES string of the molecule is CC(Oc1cccc(Cl)c1)C(=O)Nc1ccc(N)nc1. The van der Waals surface area contributed by atoms with Gasteiger partial charge in [-0.3, -0.25) is 4.79 Å². The van der Waals surface area contributed by atoms with Crippen LogP contribution in [0.1, 0.15) is 6.92 Å². The minimum absolute atomic E-state index is 0.281. The molecule has 0 aliphatic carbocycles. The number of rotatable bonds is 4. The monoisotopic (exact) mass is 291 g/mol. The van der Waals surface area contributed by atoms with Crippen molar-refractivity contribution in [2.24, 2.45) is 0 Å². The van der Waals surface area contributed by atoms with E-state index in [-0.39, 0.29) is 5.91 Å². The summed E-state index contributed by atoms with van der Waals surface area (Å²) < 4.78 is 5.51. The Labute approximate surface area is 121 Å². The number of halogens is 1. The summed E-state index contributed by atoms with van der Waals surface area (Å²) in [7, 11) is 0. The van der Waals surface area contributed by atoms with Gasteiger partial charge in [0.1, 0.15) is 11.6 Å². The molecule has 3 N–H and O–H groups in total. The zero-order valence-electron chi connectivity index (χ0n) is 10.8. The summed E-state index contributed by atoms with van der Waals surface area (Å²) in [6, 6.07) is 10.2. The first-order valence-corrected chi connectivity index (χ1v) is 6.37. The van der Waals surface area contributed by atoms with Crippen molar-refractivity contribution in [3.63, 3.8) is 0 Å². The maximum Gasteiger partial charge on any atom is 0.265 e. The molecule has 1 unspecified atom stereocenters. The molecule has 0 aliphatic rings. The second kappa shape index (κ2) is 6.25. The number of benzene rings is 1. The number of pyridine rings is 1. The zero-order chi connectivity index (χ0) is 14.5. The summed E-state index contributed by atoms with van der Waals surface area (Å²) in [6.45, 7) is 1.65. The number of carbonyl (C=O) groups is 1. The average Bonchev–Trinajstić information content (AvgIpc) is 2.41. The van der Waals surface area contributed by atoms with Crippen LogP contribution in [0.25, 0.3) is 0 Å². The van der Waals surface area contributed by atoms with E-state index in [2.05, 4.69) is 10.3 Å². The molecular formula is C14H14ClN3O2. The molecule has 1 aromatic heterocycles. The molecule has 0 fully saturated rings. The Balaban J connectivity index is 1.96. The quantitative estimate of drug-likeness (QED) is 0.908. The Morgan fingerprint density at radius 3 is 2.85 bits per heavy atom. The van der Waals surface area contributed by atoms with Crippen LogP contribution < -0.4 is 15.8 Å². The third-order valence-electron chi connectivity index (χ3n) is 2.53. The van der Waals surface area contributed by atoms with Gasteiger partial charge in [-0.2, -0.15) is 0 Å². The highest BCUT2D eigenvalue weighted by atomic mass is 35.5. The van der Waals surface area contributed by atoms with Crippen LogP contribution in [0.2, 0.25) is 5.02 Å². The fourth-order valence-corrected chi connectivity index (χ4v) is 1.70. The largest absolute Gasteiger partial charge is 0.481 e. The molecule has 5 nitrogen and oxygen atoms in total. The van der Waals surface area contributed by atoms with Crippen LogP contribution in [0.3, 0.4) is 0 Å². The molecule has 1 amide bonds. The molecule has 104 valence electrons. The van der Waals surface area contributed by atoms with Crippen LogP contribution in [0, 0.1) is 0 Å². The summed E-state index contributed by atoms with van der Waals surface area (Å²) in [4.78, 5) is 15.9. The lowest BCUT2D eigenvalue weighted by Gasteiger charge is -2.14. The van der Waals surface area contributed by atoms with Crippen molar-refractivity contribution in [3.8, 4) is 5.75 Å². The van der Waals surface area contributed by atoms with Gasteiger partial charge in [-0.15, -0.1) is 0 Å². The number of nitrogen functional groups attached to an aromatic ring is 1. The maximum absolute atomic E-state index is 12.0. The zero-order valence-corrected chi connectivity index (χ0v) is 11.6. The number of carbonyl (C=O) groups excluding carboxylic acids is 1. The predicted molar refractivity (Wildman–Crippen MR) is 78.8 cm³/mol. The smallest absolute Gasteiger partial charge is 0.265 e. The number of ether oxygens (including phenoxy) is 1. The van der Waals surface area contributed by atoms with Crippen molar-refractivity contribution in [1.29, 1.82) is 0 Å². The Morgan fingerprint density at radius 1 is 1.40 bits per heavy atom. The Bertz CT molecular complexity index is 602. The van der Waals surface area contributed by atoms with Gasteiger partial charge in [0.2, 0.25) is 0 Å². The van der Waals surface area contributed by atoms with Gasteiger partial charge in [0.15, 0.2) is 6.10 Å². The molecule has 0 aliphatic heterocycles. The number of nitrogens with two attached hydrogens (primary N) is 1. The molecule has 1 aromatic carbocycles. The highest BCUT2D eigenvalue weighted by Gasteiger charge is 2.15. The Hall–Kier alpha value is -2.27. The maximum atomic E-state index is 12.0. The molecular weight excluding hydrogens is 278 g/mol. The molecule has 6 heteroatoms. The summed E-state index contributed by atoms with van der Waals surface area (Å²) in [5.41, 5.74) is 6.03. The number of anilines is 2. The van der Waals surface area contributed by atoms with E-state index in [4.69, 9.17) is 22.1 Å². The summed E-state index contributed by atoms with van der Waals surface area (Å²) in [6.07, 6.45) is 0.824. The third-order valence-corrected chi connectivity index (χ3v) is 2.77. The minimum Gasteiger partial charge on any atom is -0.481 e. The lowest BCUT2D eigenvalue weighted by atomic mass is 10.3. The first-order valence-electron chi connectivity index (χ1n) is 5.99. The molecule has 0 saturated carbocycles. The predicted octanol–water partition coefficient (Wildman–Crippen LogP) is 2.72. The first-order chi connectivity index (χ1) is 9.54. The molecule has 1 atom stereocenters. The van der Waals surface area contributed by atoms with E-state index in [0.29, 0.717) is 22.3 Å². The van der Waals surface area contributed by atoms with Gasteiger partial charge >= 0.3 is 0 Å². The number of nitrogens with zero attached hydrogens (tertiary/aromatic N) is 1. The van der Waals surface area contributed by atoms with Gasteiger partial charge in [-0.05, 0) is 37.3 Å². The second-order valence-electron chi connectivity index (χ2n) is 4.18. The molecule has 0 saturated heterocycles. The number of hydrogen-bond acceptors (Lipinski definition) is 4. The van der Waals surface area contributed by atoms with Crippen LogP contribution in [0.4, 0.5) is 11.5 Å². The molecule has 0 bridgehead atoms. The van der Waals surface area contributed by atoms with E-state index in [1.54, 1.807) is 43.3 Å². The average molecular weight is 292 g/mol. The lowest BCUT2D eigenvalue weighted by molar-refractivity contribution is -0.122. The summed E-state index contributed by atoms with van der Waals surface area (Å²) in [5.74, 6) is 0.651. The number of aromatic nitrogens is 1. The van der Waals surface area contributed by atoms with E-state index >= 15 is 0 Å². The Morgan fingerprint density at radius 2 is 2.20 bits per heavy atom. The van der Waals surface area contributed by atoms with Crippen molar-refractivity contribution >= 4 is 29.0 Å². The standard InChI is InChI=1S/C14H14ClN3O2/c1-9(20-12-4-2-3-10(15)7-12)14(19)18-11-5-6-13(16)17-8-11/h2-9H,1H3,(H2,16,17)(H,18,19). The van der Waals surface area contributed by atoms with Crippen LogP contribution in [-0.4, -0.2) is 17.0 Å². The van der Waals surface area contributed by atoms with E-state index in [9.17, 15) is 4.79 Å². The van der Waals surface area contributed by atoms with Gasteiger partial charge in [0.05, 0.1) is 11.9 Å². The molecule has 2 aromatic rings. The van der Waals surface area contributed by atoms with Crippen molar-refractivity contribution in [2.45, 2.75) is 13.0 Å². The van der Waals surface area contributed by atoms with E-state index < -0.39 is 6.10 Å². The fourth-order valence-electron chi connectivity index (χ4n) is 1.52. The lowest BCUT2D eigenvalue weighted by Crippen LogP contribution is -2.30. The van der Waals surface area contributed by atoms with Crippen LogP contribution >= 0.6 is 11.6 Å². The third kappa shape index (κ3) is 3.86. The van der Waals surface area contributed by atoms with Crippen molar-refractivity contribution in [3.05, 3.63) is 47.6 Å². The normalized spacial score (nSPS) is 11.7. The van der Waals surface area contributed by atoms with E-state index in [1.807, 2.05) is 0 Å². The highest BCUT2D eigenvalue weighted by molar-refractivity contribution is 6.30. The van der Waals surface area contributed by atoms with Crippen molar-refractivity contribution in [2.75, 3.05) is 11.1 Å². The number of hydrogen-bond donors (Lipinski definition) is 2. The Kier molecular flexibility index (Phi) is 4.42. The topological polar surface area (TPSA) is 77.2 Å². The van der Waals surface area contributed by atoms with Crippen molar-refractivity contribution in [1.82, 2.24) is 4.98 Å². The number of amides is 1. The molecule has 2 rings (SSSR count). The van der Waals surface area contributed by atoms with Gasteiger partial charge in [-0.25, -0.2) is 4.98 Å². The van der Waals surface area contributed by atoms with Gasteiger partial charge < -0.3 is 15.8 Å². The van der Waals surface area contributed by atoms with E-state index in [0.717, 1.165) is 0 Å². The summed E-state index contributed by atoms with van der Waals surface area (Å²) >= 11 is 5.85. The van der Waals surface area contributed by atoms with Crippen LogP contribution in [-0.2, 0) is 4.79 Å². The molecule has 0 radical (unpaired) electrons. The molecule has 20 heavy (non-hydrogen) atoms.